The lowest BCUT2D eigenvalue weighted by Gasteiger charge is -2.07. The second-order valence-electron chi connectivity index (χ2n) is 3.72. The quantitative estimate of drug-likeness (QED) is 0.683. The zero-order valence-electron chi connectivity index (χ0n) is 10.5. The Labute approximate surface area is 109 Å². The molecule has 19 heavy (non-hydrogen) atoms. The molecular weight excluding hydrogens is 252 g/mol. The van der Waals surface area contributed by atoms with Crippen LogP contribution in [0.2, 0.25) is 0 Å². The third-order valence-electron chi connectivity index (χ3n) is 2.19. The molecule has 102 valence electrons. The molecule has 1 aromatic rings. The maximum Gasteiger partial charge on any atom is 0.342 e. The predicted octanol–water partition coefficient (Wildman–Crippen LogP) is 0.313. The number of imide groups is 1. The number of rotatable bonds is 3. The van der Waals surface area contributed by atoms with Crippen molar-refractivity contribution in [3.05, 3.63) is 29.3 Å². The molecule has 0 unspecified atom stereocenters. The average Bonchev–Trinajstić information content (AvgIpc) is 2.38. The molecule has 3 N–H and O–H groups in total. The lowest BCUT2D eigenvalue weighted by atomic mass is 10.1. The van der Waals surface area contributed by atoms with Gasteiger partial charge in [0.25, 0.3) is 5.91 Å². The number of hydrogen-bond donors (Lipinski definition) is 3. The minimum absolute atomic E-state index is 0.0345. The van der Waals surface area contributed by atoms with Gasteiger partial charge in [0, 0.05) is 7.05 Å². The second-order valence-corrected chi connectivity index (χ2v) is 3.72. The summed E-state index contributed by atoms with van der Waals surface area (Å²) in [5.41, 5.74) is 0.729. The summed E-state index contributed by atoms with van der Waals surface area (Å²) in [6.07, 6.45) is 0. The Morgan fingerprint density at radius 3 is 2.63 bits per heavy atom. The van der Waals surface area contributed by atoms with Gasteiger partial charge in [-0.1, -0.05) is 11.6 Å². The molecule has 0 aliphatic heterocycles. The molecule has 0 radical (unpaired) electrons. The van der Waals surface area contributed by atoms with Crippen LogP contribution in [0.5, 0.6) is 5.75 Å². The highest BCUT2D eigenvalue weighted by molar-refractivity contribution is 5.97. The number of ether oxygens (including phenoxy) is 1. The molecule has 0 heterocycles. The van der Waals surface area contributed by atoms with Gasteiger partial charge in [-0.25, -0.2) is 9.59 Å². The van der Waals surface area contributed by atoms with E-state index in [1.165, 1.54) is 19.2 Å². The van der Waals surface area contributed by atoms with Crippen LogP contribution >= 0.6 is 0 Å². The van der Waals surface area contributed by atoms with Gasteiger partial charge in [-0.3, -0.25) is 10.1 Å². The third kappa shape index (κ3) is 4.30. The first-order valence-electron chi connectivity index (χ1n) is 5.42. The van der Waals surface area contributed by atoms with Crippen LogP contribution in [0.1, 0.15) is 15.9 Å². The maximum absolute atomic E-state index is 11.6. The van der Waals surface area contributed by atoms with Gasteiger partial charge in [0.05, 0.1) is 0 Å². The maximum atomic E-state index is 11.6. The highest BCUT2D eigenvalue weighted by Crippen LogP contribution is 2.18. The number of benzene rings is 1. The molecule has 7 nitrogen and oxygen atoms in total. The van der Waals surface area contributed by atoms with E-state index in [9.17, 15) is 19.5 Å². The van der Waals surface area contributed by atoms with Crippen LogP contribution in [0.3, 0.4) is 0 Å². The number of aromatic hydroxyl groups is 1. The summed E-state index contributed by atoms with van der Waals surface area (Å²) < 4.78 is 4.68. The fourth-order valence-electron chi connectivity index (χ4n) is 1.25. The van der Waals surface area contributed by atoms with Gasteiger partial charge in [-0.2, -0.15) is 0 Å². The van der Waals surface area contributed by atoms with E-state index in [2.05, 4.69) is 10.1 Å². The Bertz CT molecular complexity index is 513. The Morgan fingerprint density at radius 2 is 2.00 bits per heavy atom. The van der Waals surface area contributed by atoms with E-state index >= 15 is 0 Å². The van der Waals surface area contributed by atoms with Crippen LogP contribution in [-0.2, 0) is 9.53 Å². The molecule has 0 fully saturated rings. The molecule has 0 aliphatic rings. The number of esters is 1. The smallest absolute Gasteiger partial charge is 0.342 e. The zero-order chi connectivity index (χ0) is 14.4. The van der Waals surface area contributed by atoms with Crippen molar-refractivity contribution in [1.82, 2.24) is 10.6 Å². The number of aryl methyl sites for hydroxylation is 1. The highest BCUT2D eigenvalue weighted by Gasteiger charge is 2.15. The van der Waals surface area contributed by atoms with Crippen LogP contribution in [0, 0.1) is 6.92 Å². The monoisotopic (exact) mass is 266 g/mol. The van der Waals surface area contributed by atoms with Crippen molar-refractivity contribution >= 4 is 17.9 Å². The molecular formula is C12H14N2O5. The van der Waals surface area contributed by atoms with Gasteiger partial charge in [-0.15, -0.1) is 0 Å². The van der Waals surface area contributed by atoms with Crippen LogP contribution in [0.25, 0.3) is 0 Å². The Hall–Kier alpha value is -2.57. The SMILES string of the molecule is CNC(=O)NC(=O)COC(=O)c1cc(C)ccc1O. The normalized spacial score (nSPS) is 9.58. The number of carbonyl (C=O) groups excluding carboxylic acids is 3. The molecule has 3 amide bonds. The van der Waals surface area contributed by atoms with Crippen molar-refractivity contribution in [2.45, 2.75) is 6.92 Å². The van der Waals surface area contributed by atoms with Gasteiger partial charge >= 0.3 is 12.0 Å². The van der Waals surface area contributed by atoms with Crippen LogP contribution in [0.15, 0.2) is 18.2 Å². The van der Waals surface area contributed by atoms with Crippen molar-refractivity contribution in [2.75, 3.05) is 13.7 Å². The zero-order valence-corrected chi connectivity index (χ0v) is 10.5. The number of hydrogen-bond acceptors (Lipinski definition) is 5. The van der Waals surface area contributed by atoms with Crippen molar-refractivity contribution in [3.8, 4) is 5.75 Å². The largest absolute Gasteiger partial charge is 0.507 e. The Kier molecular flexibility index (Phi) is 4.87. The molecule has 0 aromatic heterocycles. The Morgan fingerprint density at radius 1 is 1.32 bits per heavy atom. The molecule has 0 spiro atoms. The van der Waals surface area contributed by atoms with Gasteiger partial charge < -0.3 is 15.2 Å². The highest BCUT2D eigenvalue weighted by atomic mass is 16.5. The molecule has 7 heteroatoms. The number of amides is 3. The van der Waals surface area contributed by atoms with E-state index in [0.717, 1.165) is 5.56 Å². The molecule has 0 atom stereocenters. The number of phenols is 1. The first kappa shape index (κ1) is 14.5. The van der Waals surface area contributed by atoms with Crippen LogP contribution in [-0.4, -0.2) is 36.7 Å². The van der Waals surface area contributed by atoms with Gasteiger partial charge in [-0.05, 0) is 19.1 Å². The van der Waals surface area contributed by atoms with Gasteiger partial charge in [0.15, 0.2) is 6.61 Å². The topological polar surface area (TPSA) is 105 Å². The number of urea groups is 1. The lowest BCUT2D eigenvalue weighted by Crippen LogP contribution is -2.39. The minimum Gasteiger partial charge on any atom is -0.507 e. The van der Waals surface area contributed by atoms with E-state index in [0.29, 0.717) is 0 Å². The fourth-order valence-corrected chi connectivity index (χ4v) is 1.25. The van der Waals surface area contributed by atoms with Gasteiger partial charge in [0.2, 0.25) is 0 Å². The summed E-state index contributed by atoms with van der Waals surface area (Å²) in [7, 11) is 1.35. The van der Waals surface area contributed by atoms with Crippen LogP contribution in [0.4, 0.5) is 4.79 Å². The Balaban J connectivity index is 2.58. The van der Waals surface area contributed by atoms with Crippen molar-refractivity contribution in [1.29, 1.82) is 0 Å². The van der Waals surface area contributed by atoms with E-state index in [4.69, 9.17) is 0 Å². The number of phenolic OH excluding ortho intramolecular Hbond substituents is 1. The average molecular weight is 266 g/mol. The summed E-state index contributed by atoms with van der Waals surface area (Å²) >= 11 is 0. The summed E-state index contributed by atoms with van der Waals surface area (Å²) in [5, 5.41) is 13.6. The molecule has 1 aromatic carbocycles. The van der Waals surface area contributed by atoms with Crippen molar-refractivity contribution in [2.24, 2.45) is 0 Å². The standard InChI is InChI=1S/C12H14N2O5/c1-7-3-4-9(15)8(5-7)11(17)19-6-10(16)14-12(18)13-2/h3-5,15H,6H2,1-2H3,(H2,13,14,16,18). The van der Waals surface area contributed by atoms with E-state index in [-0.39, 0.29) is 11.3 Å². The summed E-state index contributed by atoms with van der Waals surface area (Å²) in [5.74, 6) is -1.84. The van der Waals surface area contributed by atoms with Gasteiger partial charge in [0.1, 0.15) is 11.3 Å². The first-order valence-corrected chi connectivity index (χ1v) is 5.42. The number of carbonyl (C=O) groups is 3. The summed E-state index contributed by atoms with van der Waals surface area (Å²) in [6, 6.07) is 3.73. The fraction of sp³-hybridized carbons (Fsp3) is 0.250. The predicted molar refractivity (Wildman–Crippen MR) is 65.7 cm³/mol. The molecule has 0 saturated heterocycles. The lowest BCUT2D eigenvalue weighted by molar-refractivity contribution is -0.123. The number of nitrogens with one attached hydrogen (secondary N) is 2. The van der Waals surface area contributed by atoms with Crippen molar-refractivity contribution in [3.63, 3.8) is 0 Å². The summed E-state index contributed by atoms with van der Waals surface area (Å²) in [4.78, 5) is 33.6. The summed E-state index contributed by atoms with van der Waals surface area (Å²) in [6.45, 7) is 1.13. The molecule has 0 aliphatic carbocycles. The van der Waals surface area contributed by atoms with E-state index in [1.54, 1.807) is 13.0 Å². The van der Waals surface area contributed by atoms with Crippen LogP contribution < -0.4 is 10.6 Å². The van der Waals surface area contributed by atoms with E-state index < -0.39 is 24.5 Å². The molecule has 1 rings (SSSR count). The molecule has 0 saturated carbocycles. The van der Waals surface area contributed by atoms with Crippen molar-refractivity contribution < 1.29 is 24.2 Å². The molecule has 0 bridgehead atoms. The third-order valence-corrected chi connectivity index (χ3v) is 2.19. The first-order chi connectivity index (χ1) is 8.93. The minimum atomic E-state index is -0.840. The van der Waals surface area contributed by atoms with E-state index in [1.807, 2.05) is 5.32 Å². The second kappa shape index (κ2) is 6.39.